The minimum Gasteiger partial charge on any atom is -0.508 e. The number of fused-ring (bicyclic) bond motifs is 1. The van der Waals surface area contributed by atoms with Crippen molar-refractivity contribution < 1.29 is 15.0 Å². The maximum Gasteiger partial charge on any atom is 0.323 e. The van der Waals surface area contributed by atoms with Gasteiger partial charge < -0.3 is 14.8 Å². The van der Waals surface area contributed by atoms with Crippen LogP contribution in [0.1, 0.15) is 5.69 Å². The standard InChI is InChI=1S/C11H11NO3/c1-7-4-8-5-9(13)2-3-10(8)12(7)6-11(14)15/h2-5,13H,6H2,1H3,(H,14,15). The van der Waals surface area contributed by atoms with Gasteiger partial charge in [0.15, 0.2) is 0 Å². The third-order valence-corrected chi connectivity index (χ3v) is 2.39. The number of hydrogen-bond acceptors (Lipinski definition) is 2. The zero-order valence-electron chi connectivity index (χ0n) is 8.27. The predicted octanol–water partition coefficient (Wildman–Crippen LogP) is 1.74. The van der Waals surface area contributed by atoms with E-state index in [2.05, 4.69) is 0 Å². The molecule has 2 rings (SSSR count). The number of hydrogen-bond donors (Lipinski definition) is 2. The van der Waals surface area contributed by atoms with Gasteiger partial charge in [-0.05, 0) is 31.2 Å². The van der Waals surface area contributed by atoms with E-state index in [-0.39, 0.29) is 12.3 Å². The molecule has 2 N–H and O–H groups in total. The van der Waals surface area contributed by atoms with Crippen LogP contribution in [0.2, 0.25) is 0 Å². The highest BCUT2D eigenvalue weighted by Crippen LogP contribution is 2.23. The zero-order valence-corrected chi connectivity index (χ0v) is 8.27. The molecule has 0 atom stereocenters. The molecule has 1 heterocycles. The first-order valence-corrected chi connectivity index (χ1v) is 4.58. The molecule has 78 valence electrons. The maximum atomic E-state index is 10.7. The number of aromatic hydroxyl groups is 1. The Hall–Kier alpha value is -1.97. The molecule has 2 aromatic rings. The molecule has 0 aliphatic carbocycles. The van der Waals surface area contributed by atoms with Crippen molar-refractivity contribution in [1.82, 2.24) is 4.57 Å². The lowest BCUT2D eigenvalue weighted by Gasteiger charge is -2.03. The third-order valence-electron chi connectivity index (χ3n) is 2.39. The van der Waals surface area contributed by atoms with Crippen molar-refractivity contribution in [2.75, 3.05) is 0 Å². The average molecular weight is 205 g/mol. The van der Waals surface area contributed by atoms with Crippen LogP contribution < -0.4 is 0 Å². The number of aryl methyl sites for hydroxylation is 1. The van der Waals surface area contributed by atoms with Gasteiger partial charge in [-0.1, -0.05) is 0 Å². The number of nitrogens with zero attached hydrogens (tertiary/aromatic N) is 1. The molecule has 0 saturated carbocycles. The molecule has 4 nitrogen and oxygen atoms in total. The lowest BCUT2D eigenvalue weighted by atomic mass is 10.2. The maximum absolute atomic E-state index is 10.7. The first-order valence-electron chi connectivity index (χ1n) is 4.58. The topological polar surface area (TPSA) is 62.5 Å². The van der Waals surface area contributed by atoms with Gasteiger partial charge in [0.2, 0.25) is 0 Å². The summed E-state index contributed by atoms with van der Waals surface area (Å²) in [7, 11) is 0. The molecule has 0 saturated heterocycles. The second kappa shape index (κ2) is 3.31. The second-order valence-electron chi connectivity index (χ2n) is 3.51. The van der Waals surface area contributed by atoms with Gasteiger partial charge in [-0.25, -0.2) is 0 Å². The molecule has 0 spiro atoms. The summed E-state index contributed by atoms with van der Waals surface area (Å²) in [4.78, 5) is 10.7. The smallest absolute Gasteiger partial charge is 0.323 e. The Bertz CT molecular complexity index is 528. The van der Waals surface area contributed by atoms with Gasteiger partial charge in [0.05, 0.1) is 0 Å². The fourth-order valence-electron chi connectivity index (χ4n) is 1.74. The van der Waals surface area contributed by atoms with Crippen molar-refractivity contribution >= 4 is 16.9 Å². The van der Waals surface area contributed by atoms with Crippen LogP contribution in [0.3, 0.4) is 0 Å². The van der Waals surface area contributed by atoms with Gasteiger partial charge in [0.25, 0.3) is 0 Å². The molecule has 0 radical (unpaired) electrons. The summed E-state index contributed by atoms with van der Waals surface area (Å²) in [6.07, 6.45) is 0. The number of aliphatic carboxylic acids is 1. The van der Waals surface area contributed by atoms with E-state index >= 15 is 0 Å². The fraction of sp³-hybridized carbons (Fsp3) is 0.182. The van der Waals surface area contributed by atoms with Crippen molar-refractivity contribution in [3.63, 3.8) is 0 Å². The van der Waals surface area contributed by atoms with E-state index in [1.54, 1.807) is 22.8 Å². The van der Waals surface area contributed by atoms with Crippen LogP contribution in [0.25, 0.3) is 10.9 Å². The number of rotatable bonds is 2. The number of phenols is 1. The molecule has 0 fully saturated rings. The van der Waals surface area contributed by atoms with Crippen LogP contribution in [0.15, 0.2) is 24.3 Å². The number of phenolic OH excluding ortho intramolecular Hbond substituents is 1. The number of carboxylic acids is 1. The summed E-state index contributed by atoms with van der Waals surface area (Å²) in [5, 5.41) is 18.9. The molecule has 1 aromatic heterocycles. The van der Waals surface area contributed by atoms with Crippen LogP contribution in [0.5, 0.6) is 5.75 Å². The van der Waals surface area contributed by atoms with Gasteiger partial charge in [0, 0.05) is 16.6 Å². The highest BCUT2D eigenvalue weighted by Gasteiger charge is 2.08. The molecule has 1 aromatic carbocycles. The summed E-state index contributed by atoms with van der Waals surface area (Å²) in [5.74, 6) is -0.682. The van der Waals surface area contributed by atoms with Crippen LogP contribution in [-0.4, -0.2) is 20.7 Å². The Kier molecular flexibility index (Phi) is 2.11. The SMILES string of the molecule is Cc1cc2cc(O)ccc2n1CC(=O)O. The van der Waals surface area contributed by atoms with Crippen LogP contribution in [0, 0.1) is 6.92 Å². The fourth-order valence-corrected chi connectivity index (χ4v) is 1.74. The summed E-state index contributed by atoms with van der Waals surface area (Å²) >= 11 is 0. The quantitative estimate of drug-likeness (QED) is 0.784. The van der Waals surface area contributed by atoms with E-state index in [4.69, 9.17) is 5.11 Å². The lowest BCUT2D eigenvalue weighted by Crippen LogP contribution is -2.09. The Morgan fingerprint density at radius 1 is 1.40 bits per heavy atom. The monoisotopic (exact) mass is 205 g/mol. The molecule has 0 bridgehead atoms. The molecule has 0 unspecified atom stereocenters. The molecular formula is C11H11NO3. The number of aromatic nitrogens is 1. The van der Waals surface area contributed by atoms with E-state index in [1.165, 1.54) is 0 Å². The van der Waals surface area contributed by atoms with Crippen molar-refractivity contribution in [3.8, 4) is 5.75 Å². The molecular weight excluding hydrogens is 194 g/mol. The Morgan fingerprint density at radius 2 is 2.13 bits per heavy atom. The van der Waals surface area contributed by atoms with E-state index in [9.17, 15) is 9.90 Å². The van der Waals surface area contributed by atoms with Crippen LogP contribution in [0.4, 0.5) is 0 Å². The zero-order chi connectivity index (χ0) is 11.0. The largest absolute Gasteiger partial charge is 0.508 e. The lowest BCUT2D eigenvalue weighted by molar-refractivity contribution is -0.137. The normalized spacial score (nSPS) is 10.7. The predicted molar refractivity (Wildman–Crippen MR) is 56.0 cm³/mol. The van der Waals surface area contributed by atoms with E-state index in [0.29, 0.717) is 0 Å². The molecule has 4 heteroatoms. The number of benzene rings is 1. The summed E-state index contributed by atoms with van der Waals surface area (Å²) in [5.41, 5.74) is 1.70. The Labute approximate surface area is 86.4 Å². The van der Waals surface area contributed by atoms with Gasteiger partial charge in [0.1, 0.15) is 12.3 Å². The number of carbonyl (C=O) groups is 1. The molecule has 0 aliphatic rings. The first-order chi connectivity index (χ1) is 7.08. The van der Waals surface area contributed by atoms with Gasteiger partial charge in [-0.3, -0.25) is 4.79 Å². The molecule has 0 amide bonds. The van der Waals surface area contributed by atoms with Gasteiger partial charge >= 0.3 is 5.97 Å². The number of carboxylic acid groups (broad SMARTS) is 1. The van der Waals surface area contributed by atoms with E-state index in [0.717, 1.165) is 16.6 Å². The highest BCUT2D eigenvalue weighted by molar-refractivity contribution is 5.84. The third kappa shape index (κ3) is 1.66. The first kappa shape index (κ1) is 9.58. The highest BCUT2D eigenvalue weighted by atomic mass is 16.4. The molecule has 0 aliphatic heterocycles. The Morgan fingerprint density at radius 3 is 2.80 bits per heavy atom. The summed E-state index contributed by atoms with van der Waals surface area (Å²) in [6.45, 7) is 1.79. The average Bonchev–Trinajstić information content (AvgIpc) is 2.41. The van der Waals surface area contributed by atoms with E-state index in [1.807, 2.05) is 13.0 Å². The van der Waals surface area contributed by atoms with Crippen molar-refractivity contribution in [1.29, 1.82) is 0 Å². The minimum atomic E-state index is -0.872. The molecule has 15 heavy (non-hydrogen) atoms. The van der Waals surface area contributed by atoms with Crippen LogP contribution >= 0.6 is 0 Å². The minimum absolute atomic E-state index is 0.0554. The van der Waals surface area contributed by atoms with Crippen molar-refractivity contribution in [2.24, 2.45) is 0 Å². The van der Waals surface area contributed by atoms with Crippen molar-refractivity contribution in [2.45, 2.75) is 13.5 Å². The summed E-state index contributed by atoms with van der Waals surface area (Å²) < 4.78 is 1.71. The van der Waals surface area contributed by atoms with Gasteiger partial charge in [-0.2, -0.15) is 0 Å². The van der Waals surface area contributed by atoms with Crippen molar-refractivity contribution in [3.05, 3.63) is 30.0 Å². The second-order valence-corrected chi connectivity index (χ2v) is 3.51. The van der Waals surface area contributed by atoms with Crippen LogP contribution in [-0.2, 0) is 11.3 Å². The van der Waals surface area contributed by atoms with E-state index < -0.39 is 5.97 Å². The van der Waals surface area contributed by atoms with Gasteiger partial charge in [-0.15, -0.1) is 0 Å². The summed E-state index contributed by atoms with van der Waals surface area (Å²) in [6, 6.07) is 6.76. The Balaban J connectivity index is 2.63.